The lowest BCUT2D eigenvalue weighted by molar-refractivity contribution is -0.146. The minimum absolute atomic E-state index is 0.00656. The molecule has 1 rings (SSSR count). The lowest BCUT2D eigenvalue weighted by Gasteiger charge is -2.26. The van der Waals surface area contributed by atoms with Crippen LogP contribution in [0.5, 0.6) is 0 Å². The van der Waals surface area contributed by atoms with Crippen molar-refractivity contribution in [2.24, 2.45) is 5.92 Å². The summed E-state index contributed by atoms with van der Waals surface area (Å²) in [7, 11) is 0. The molecule has 98 valence electrons. The Labute approximate surface area is 100 Å². The number of aliphatic hydroxyl groups excluding tert-OH is 1. The predicted octanol–water partition coefficient (Wildman–Crippen LogP) is 0.310. The molecule has 1 saturated carbocycles. The van der Waals surface area contributed by atoms with Gasteiger partial charge in [0, 0.05) is 18.5 Å². The fourth-order valence-corrected chi connectivity index (χ4v) is 1.69. The monoisotopic (exact) mass is 244 g/mol. The van der Waals surface area contributed by atoms with Crippen LogP contribution in [0.15, 0.2) is 0 Å². The number of hydrogen-bond donors (Lipinski definition) is 4. The molecule has 4 N–H and O–H groups in total. The Bertz CT molecular complexity index is 300. The van der Waals surface area contributed by atoms with Gasteiger partial charge in [-0.05, 0) is 32.6 Å². The number of nitrogens with one attached hydrogen (secondary N) is 2. The van der Waals surface area contributed by atoms with Gasteiger partial charge in [0.15, 0.2) is 6.10 Å². The van der Waals surface area contributed by atoms with Crippen molar-refractivity contribution < 1.29 is 19.8 Å². The van der Waals surface area contributed by atoms with Crippen molar-refractivity contribution in [3.8, 4) is 0 Å². The normalized spacial score (nSPS) is 17.4. The highest BCUT2D eigenvalue weighted by molar-refractivity contribution is 5.75. The smallest absolute Gasteiger partial charge is 0.332 e. The Morgan fingerprint density at radius 2 is 2.00 bits per heavy atom. The number of carbonyl (C=O) groups is 2. The van der Waals surface area contributed by atoms with Crippen molar-refractivity contribution in [2.45, 2.75) is 44.8 Å². The summed E-state index contributed by atoms with van der Waals surface area (Å²) in [6, 6.07) is -0.320. The molecule has 1 aliphatic carbocycles. The number of aliphatic carboxylic acids is 1. The van der Waals surface area contributed by atoms with E-state index in [0.717, 1.165) is 12.8 Å². The highest BCUT2D eigenvalue weighted by atomic mass is 16.4. The Hall–Kier alpha value is -1.30. The number of rotatable bonds is 6. The van der Waals surface area contributed by atoms with Gasteiger partial charge in [-0.2, -0.15) is 0 Å². The second-order valence-corrected chi connectivity index (χ2v) is 5.02. The first kappa shape index (κ1) is 13.8. The van der Waals surface area contributed by atoms with Crippen LogP contribution in [0.25, 0.3) is 0 Å². The number of aliphatic hydroxyl groups is 1. The molecule has 0 spiro atoms. The van der Waals surface area contributed by atoms with Crippen molar-refractivity contribution in [3.63, 3.8) is 0 Å². The summed E-state index contributed by atoms with van der Waals surface area (Å²) in [5.74, 6) is -0.747. The molecule has 0 aromatic rings. The van der Waals surface area contributed by atoms with E-state index in [4.69, 9.17) is 10.2 Å². The maximum atomic E-state index is 11.5. The van der Waals surface area contributed by atoms with Crippen LogP contribution in [0.2, 0.25) is 0 Å². The molecule has 2 amide bonds. The van der Waals surface area contributed by atoms with E-state index in [1.807, 2.05) is 13.8 Å². The topological polar surface area (TPSA) is 98.7 Å². The second-order valence-electron chi connectivity index (χ2n) is 5.02. The molecule has 0 radical (unpaired) electrons. The average molecular weight is 244 g/mol. The van der Waals surface area contributed by atoms with Gasteiger partial charge in [0.1, 0.15) is 0 Å². The molecule has 0 aromatic heterocycles. The van der Waals surface area contributed by atoms with Gasteiger partial charge in [0.2, 0.25) is 0 Å². The molecule has 0 unspecified atom stereocenters. The first-order valence-electron chi connectivity index (χ1n) is 5.80. The van der Waals surface area contributed by atoms with Crippen LogP contribution < -0.4 is 10.6 Å². The van der Waals surface area contributed by atoms with Crippen LogP contribution in [0.1, 0.15) is 33.1 Å². The van der Waals surface area contributed by atoms with Crippen molar-refractivity contribution in [3.05, 3.63) is 0 Å². The Morgan fingerprint density at radius 3 is 2.47 bits per heavy atom. The van der Waals surface area contributed by atoms with Crippen molar-refractivity contribution in [1.29, 1.82) is 0 Å². The van der Waals surface area contributed by atoms with E-state index in [9.17, 15) is 9.59 Å². The van der Waals surface area contributed by atoms with Gasteiger partial charge in [0.25, 0.3) is 0 Å². The number of carbonyl (C=O) groups excluding carboxylic acids is 1. The van der Waals surface area contributed by atoms with Gasteiger partial charge in [-0.25, -0.2) is 9.59 Å². The number of urea groups is 1. The van der Waals surface area contributed by atoms with E-state index in [0.29, 0.717) is 5.92 Å². The highest BCUT2D eigenvalue weighted by Crippen LogP contribution is 2.38. The maximum Gasteiger partial charge on any atom is 0.332 e. The summed E-state index contributed by atoms with van der Waals surface area (Å²) >= 11 is 0. The number of carboxylic acid groups (broad SMARTS) is 1. The van der Waals surface area contributed by atoms with Gasteiger partial charge in [-0.3, -0.25) is 0 Å². The molecule has 1 fully saturated rings. The zero-order valence-corrected chi connectivity index (χ0v) is 10.2. The molecule has 6 nitrogen and oxygen atoms in total. The molecular weight excluding hydrogens is 224 g/mol. The zero-order valence-electron chi connectivity index (χ0n) is 10.2. The molecule has 6 heteroatoms. The summed E-state index contributed by atoms with van der Waals surface area (Å²) in [5, 5.41) is 22.8. The minimum Gasteiger partial charge on any atom is -0.479 e. The average Bonchev–Trinajstić information content (AvgIpc) is 2.99. The third-order valence-electron chi connectivity index (χ3n) is 3.02. The van der Waals surface area contributed by atoms with E-state index in [1.54, 1.807) is 0 Å². The second kappa shape index (κ2) is 5.35. The standard InChI is InChI=1S/C11H20N2O4/c1-11(2,7-3-4-7)13-10(17)12-6-5-8(14)9(15)16/h7-8,14H,3-6H2,1-2H3,(H,15,16)(H2,12,13,17)/t8-/m0/s1. The summed E-state index contributed by atoms with van der Waals surface area (Å²) in [4.78, 5) is 21.8. The van der Waals surface area contributed by atoms with Crippen LogP contribution in [-0.2, 0) is 4.79 Å². The summed E-state index contributed by atoms with van der Waals surface area (Å²) in [6.45, 7) is 4.08. The highest BCUT2D eigenvalue weighted by Gasteiger charge is 2.38. The van der Waals surface area contributed by atoms with Gasteiger partial charge < -0.3 is 20.8 Å². The van der Waals surface area contributed by atoms with E-state index in [1.165, 1.54) is 0 Å². The molecular formula is C11H20N2O4. The van der Waals surface area contributed by atoms with Crippen LogP contribution in [0.3, 0.4) is 0 Å². The third kappa shape index (κ3) is 4.60. The van der Waals surface area contributed by atoms with E-state index >= 15 is 0 Å². The SMILES string of the molecule is CC(C)(NC(=O)NCC[C@H](O)C(=O)O)C1CC1. The van der Waals surface area contributed by atoms with Crippen molar-refractivity contribution in [2.75, 3.05) is 6.54 Å². The lowest BCUT2D eigenvalue weighted by atomic mass is 9.99. The van der Waals surface area contributed by atoms with Gasteiger partial charge in [0.05, 0.1) is 0 Å². The molecule has 1 atom stereocenters. The van der Waals surface area contributed by atoms with Crippen molar-refractivity contribution in [1.82, 2.24) is 10.6 Å². The predicted molar refractivity (Wildman–Crippen MR) is 61.6 cm³/mol. The molecule has 0 bridgehead atoms. The lowest BCUT2D eigenvalue weighted by Crippen LogP contribution is -2.50. The zero-order chi connectivity index (χ0) is 13.1. The Morgan fingerprint density at radius 1 is 1.41 bits per heavy atom. The van der Waals surface area contributed by atoms with Gasteiger partial charge in [-0.1, -0.05) is 0 Å². The first-order chi connectivity index (χ1) is 7.83. The third-order valence-corrected chi connectivity index (χ3v) is 3.02. The fraction of sp³-hybridized carbons (Fsp3) is 0.818. The summed E-state index contributed by atoms with van der Waals surface area (Å²) < 4.78 is 0. The Balaban J connectivity index is 2.19. The number of hydrogen-bond acceptors (Lipinski definition) is 3. The van der Waals surface area contributed by atoms with Gasteiger partial charge >= 0.3 is 12.0 Å². The number of carboxylic acids is 1. The van der Waals surface area contributed by atoms with Crippen LogP contribution in [-0.4, -0.2) is 40.4 Å². The van der Waals surface area contributed by atoms with Crippen LogP contribution in [0, 0.1) is 5.92 Å². The van der Waals surface area contributed by atoms with Crippen LogP contribution >= 0.6 is 0 Å². The fourth-order valence-electron chi connectivity index (χ4n) is 1.69. The molecule has 0 aliphatic heterocycles. The molecule has 0 saturated heterocycles. The Kier molecular flexibility index (Phi) is 4.34. The molecule has 17 heavy (non-hydrogen) atoms. The van der Waals surface area contributed by atoms with Crippen LogP contribution in [0.4, 0.5) is 4.79 Å². The maximum absolute atomic E-state index is 11.5. The summed E-state index contributed by atoms with van der Waals surface area (Å²) in [5.41, 5.74) is -0.227. The molecule has 0 aromatic carbocycles. The van der Waals surface area contributed by atoms with E-state index in [2.05, 4.69) is 10.6 Å². The quantitative estimate of drug-likeness (QED) is 0.540. The summed E-state index contributed by atoms with van der Waals surface area (Å²) in [6.07, 6.45) is 0.842. The molecule has 1 aliphatic rings. The van der Waals surface area contributed by atoms with Crippen molar-refractivity contribution >= 4 is 12.0 Å². The van der Waals surface area contributed by atoms with Gasteiger partial charge in [-0.15, -0.1) is 0 Å². The minimum atomic E-state index is -1.42. The first-order valence-corrected chi connectivity index (χ1v) is 5.80. The van der Waals surface area contributed by atoms with E-state index in [-0.39, 0.29) is 24.5 Å². The largest absolute Gasteiger partial charge is 0.479 e. The number of amides is 2. The molecule has 0 heterocycles. The van der Waals surface area contributed by atoms with E-state index < -0.39 is 12.1 Å².